The maximum atomic E-state index is 5.54. The SMILES string of the molecule is CC(C)COCC(C)NCc1ccn[nH]1. The molecule has 1 aromatic heterocycles. The molecule has 1 unspecified atom stereocenters. The molecule has 1 rings (SSSR count). The van der Waals surface area contributed by atoms with Gasteiger partial charge in [0.1, 0.15) is 0 Å². The van der Waals surface area contributed by atoms with Gasteiger partial charge in [0.05, 0.1) is 6.61 Å². The van der Waals surface area contributed by atoms with Gasteiger partial charge in [-0.1, -0.05) is 13.8 Å². The highest BCUT2D eigenvalue weighted by Gasteiger charge is 2.02. The van der Waals surface area contributed by atoms with E-state index in [2.05, 4.69) is 36.3 Å². The minimum atomic E-state index is 0.368. The summed E-state index contributed by atoms with van der Waals surface area (Å²) in [5, 5.41) is 10.2. The summed E-state index contributed by atoms with van der Waals surface area (Å²) in [5.74, 6) is 0.602. The summed E-state index contributed by atoms with van der Waals surface area (Å²) < 4.78 is 5.54. The zero-order valence-electron chi connectivity index (χ0n) is 9.79. The van der Waals surface area contributed by atoms with E-state index in [1.807, 2.05) is 6.07 Å². The Bertz CT molecular complexity index is 246. The Morgan fingerprint density at radius 1 is 1.40 bits per heavy atom. The normalized spacial score (nSPS) is 13.3. The van der Waals surface area contributed by atoms with Gasteiger partial charge in [-0.3, -0.25) is 5.10 Å². The quantitative estimate of drug-likeness (QED) is 0.719. The number of rotatable bonds is 7. The smallest absolute Gasteiger partial charge is 0.0617 e. The standard InChI is InChI=1S/C11H21N3O/c1-9(2)7-15-8-10(3)12-6-11-4-5-13-14-11/h4-5,9-10,12H,6-8H2,1-3H3,(H,13,14). The minimum Gasteiger partial charge on any atom is -0.380 e. The summed E-state index contributed by atoms with van der Waals surface area (Å²) in [6.45, 7) is 8.83. The predicted octanol–water partition coefficient (Wildman–Crippen LogP) is 1.56. The van der Waals surface area contributed by atoms with E-state index in [1.165, 1.54) is 0 Å². The zero-order chi connectivity index (χ0) is 11.1. The molecule has 2 N–H and O–H groups in total. The Morgan fingerprint density at radius 3 is 2.80 bits per heavy atom. The van der Waals surface area contributed by atoms with E-state index in [0.29, 0.717) is 12.0 Å². The highest BCUT2D eigenvalue weighted by atomic mass is 16.5. The van der Waals surface area contributed by atoms with Crippen LogP contribution in [0.15, 0.2) is 12.3 Å². The van der Waals surface area contributed by atoms with Crippen LogP contribution in [0.5, 0.6) is 0 Å². The number of aromatic nitrogens is 2. The molecule has 0 amide bonds. The molecule has 0 saturated heterocycles. The van der Waals surface area contributed by atoms with Crippen LogP contribution in [0, 0.1) is 5.92 Å². The third-order valence-electron chi connectivity index (χ3n) is 2.02. The maximum Gasteiger partial charge on any atom is 0.0617 e. The van der Waals surface area contributed by atoms with E-state index in [1.54, 1.807) is 6.20 Å². The number of ether oxygens (including phenoxy) is 1. The third kappa shape index (κ3) is 5.54. The topological polar surface area (TPSA) is 49.9 Å². The average molecular weight is 211 g/mol. The fraction of sp³-hybridized carbons (Fsp3) is 0.727. The second-order valence-corrected chi connectivity index (χ2v) is 4.30. The van der Waals surface area contributed by atoms with Crippen molar-refractivity contribution in [3.8, 4) is 0 Å². The molecule has 0 aliphatic heterocycles. The van der Waals surface area contributed by atoms with E-state index in [4.69, 9.17) is 4.74 Å². The first kappa shape index (κ1) is 12.2. The first-order valence-electron chi connectivity index (χ1n) is 5.48. The first-order valence-corrected chi connectivity index (χ1v) is 5.48. The molecular weight excluding hydrogens is 190 g/mol. The van der Waals surface area contributed by atoms with Crippen LogP contribution in [0.4, 0.5) is 0 Å². The lowest BCUT2D eigenvalue weighted by Crippen LogP contribution is -2.30. The fourth-order valence-electron chi connectivity index (χ4n) is 1.21. The van der Waals surface area contributed by atoms with Crippen molar-refractivity contribution in [1.82, 2.24) is 15.5 Å². The molecule has 0 fully saturated rings. The lowest BCUT2D eigenvalue weighted by Gasteiger charge is -2.14. The molecule has 15 heavy (non-hydrogen) atoms. The van der Waals surface area contributed by atoms with Gasteiger partial charge in [0, 0.05) is 31.1 Å². The highest BCUT2D eigenvalue weighted by molar-refractivity contribution is 4.96. The minimum absolute atomic E-state index is 0.368. The molecule has 1 heterocycles. The summed E-state index contributed by atoms with van der Waals surface area (Å²) in [7, 11) is 0. The van der Waals surface area contributed by atoms with Crippen molar-refractivity contribution in [3.63, 3.8) is 0 Å². The molecule has 4 heteroatoms. The van der Waals surface area contributed by atoms with Crippen molar-refractivity contribution in [2.24, 2.45) is 5.92 Å². The van der Waals surface area contributed by atoms with Gasteiger partial charge in [-0.15, -0.1) is 0 Å². The molecule has 1 atom stereocenters. The lowest BCUT2D eigenvalue weighted by molar-refractivity contribution is 0.0934. The molecule has 0 aromatic carbocycles. The molecule has 0 saturated carbocycles. The van der Waals surface area contributed by atoms with Gasteiger partial charge in [-0.05, 0) is 18.9 Å². The van der Waals surface area contributed by atoms with E-state index in [9.17, 15) is 0 Å². The van der Waals surface area contributed by atoms with Crippen molar-refractivity contribution >= 4 is 0 Å². The Labute approximate surface area is 91.4 Å². The second kappa shape index (κ2) is 6.58. The van der Waals surface area contributed by atoms with Crippen LogP contribution < -0.4 is 5.32 Å². The summed E-state index contributed by atoms with van der Waals surface area (Å²) in [6.07, 6.45) is 1.76. The van der Waals surface area contributed by atoms with Crippen molar-refractivity contribution < 1.29 is 4.74 Å². The van der Waals surface area contributed by atoms with Crippen molar-refractivity contribution in [3.05, 3.63) is 18.0 Å². The largest absolute Gasteiger partial charge is 0.380 e. The van der Waals surface area contributed by atoms with Crippen LogP contribution >= 0.6 is 0 Å². The molecule has 4 nitrogen and oxygen atoms in total. The maximum absolute atomic E-state index is 5.54. The summed E-state index contributed by atoms with van der Waals surface area (Å²) in [4.78, 5) is 0. The van der Waals surface area contributed by atoms with Gasteiger partial charge in [-0.2, -0.15) is 5.10 Å². The van der Waals surface area contributed by atoms with Crippen LogP contribution in [0.25, 0.3) is 0 Å². The summed E-state index contributed by atoms with van der Waals surface area (Å²) >= 11 is 0. The van der Waals surface area contributed by atoms with Crippen molar-refractivity contribution in [2.45, 2.75) is 33.4 Å². The molecule has 0 spiro atoms. The molecule has 0 radical (unpaired) electrons. The Morgan fingerprint density at radius 2 is 2.20 bits per heavy atom. The number of H-pyrrole nitrogens is 1. The predicted molar refractivity (Wildman–Crippen MR) is 60.5 cm³/mol. The van der Waals surface area contributed by atoms with Crippen LogP contribution in [-0.4, -0.2) is 29.5 Å². The van der Waals surface area contributed by atoms with Gasteiger partial charge in [0.25, 0.3) is 0 Å². The van der Waals surface area contributed by atoms with Gasteiger partial charge in [0.2, 0.25) is 0 Å². The van der Waals surface area contributed by atoms with Crippen molar-refractivity contribution in [1.29, 1.82) is 0 Å². The molecule has 0 aliphatic rings. The summed E-state index contributed by atoms with van der Waals surface area (Å²) in [6, 6.07) is 2.33. The first-order chi connectivity index (χ1) is 7.18. The van der Waals surface area contributed by atoms with Crippen LogP contribution in [0.3, 0.4) is 0 Å². The third-order valence-corrected chi connectivity index (χ3v) is 2.02. The number of nitrogens with one attached hydrogen (secondary N) is 2. The van der Waals surface area contributed by atoms with Gasteiger partial charge in [0.15, 0.2) is 0 Å². The van der Waals surface area contributed by atoms with Crippen molar-refractivity contribution in [2.75, 3.05) is 13.2 Å². The number of aromatic amines is 1. The molecular formula is C11H21N3O. The van der Waals surface area contributed by atoms with E-state index in [-0.39, 0.29) is 0 Å². The number of hydrogen-bond acceptors (Lipinski definition) is 3. The average Bonchev–Trinajstić information content (AvgIpc) is 2.66. The molecule has 86 valence electrons. The summed E-state index contributed by atoms with van der Waals surface area (Å²) in [5.41, 5.74) is 1.10. The highest BCUT2D eigenvalue weighted by Crippen LogP contribution is 1.95. The Kier molecular flexibility index (Phi) is 5.36. The van der Waals surface area contributed by atoms with Gasteiger partial charge >= 0.3 is 0 Å². The fourth-order valence-corrected chi connectivity index (χ4v) is 1.21. The van der Waals surface area contributed by atoms with Gasteiger partial charge in [-0.25, -0.2) is 0 Å². The van der Waals surface area contributed by atoms with E-state index < -0.39 is 0 Å². The Hall–Kier alpha value is -0.870. The molecule has 0 aliphatic carbocycles. The van der Waals surface area contributed by atoms with Crippen LogP contribution in [0.2, 0.25) is 0 Å². The van der Waals surface area contributed by atoms with E-state index in [0.717, 1.165) is 25.5 Å². The number of hydrogen-bond donors (Lipinski definition) is 2. The van der Waals surface area contributed by atoms with Crippen LogP contribution in [0.1, 0.15) is 26.5 Å². The Balaban J connectivity index is 2.06. The zero-order valence-corrected chi connectivity index (χ0v) is 9.79. The van der Waals surface area contributed by atoms with Crippen LogP contribution in [-0.2, 0) is 11.3 Å². The lowest BCUT2D eigenvalue weighted by atomic mass is 10.2. The number of nitrogens with zero attached hydrogens (tertiary/aromatic N) is 1. The van der Waals surface area contributed by atoms with Gasteiger partial charge < -0.3 is 10.1 Å². The molecule has 1 aromatic rings. The second-order valence-electron chi connectivity index (χ2n) is 4.30. The molecule has 0 bridgehead atoms. The monoisotopic (exact) mass is 211 g/mol. The van der Waals surface area contributed by atoms with E-state index >= 15 is 0 Å².